The molecule has 25 heavy (non-hydrogen) atoms. The highest BCUT2D eigenvalue weighted by molar-refractivity contribution is 5.82. The number of aliphatic hydroxyl groups excluding tert-OH is 2. The molecule has 8 heteroatoms. The van der Waals surface area contributed by atoms with Gasteiger partial charge in [-0.05, 0) is 5.56 Å². The summed E-state index contributed by atoms with van der Waals surface area (Å²) in [6, 6.07) is 10.00. The second-order valence-corrected chi connectivity index (χ2v) is 6.02. The Morgan fingerprint density at radius 2 is 2.04 bits per heavy atom. The minimum absolute atomic E-state index is 0.126. The number of nitrogens with one attached hydrogen (secondary N) is 1. The molecule has 2 aromatic heterocycles. The van der Waals surface area contributed by atoms with Gasteiger partial charge in [0.1, 0.15) is 12.4 Å². The number of aromatic nitrogens is 4. The molecule has 0 aliphatic carbocycles. The molecule has 0 amide bonds. The third-order valence-electron chi connectivity index (χ3n) is 4.30. The summed E-state index contributed by atoms with van der Waals surface area (Å²) in [7, 11) is 0. The fraction of sp³-hybridized carbons (Fsp3) is 0.353. The van der Waals surface area contributed by atoms with Crippen LogP contribution in [0.4, 0.5) is 5.82 Å². The van der Waals surface area contributed by atoms with Gasteiger partial charge in [-0.25, -0.2) is 15.0 Å². The number of fused-ring (bicyclic) bond motifs is 1. The van der Waals surface area contributed by atoms with E-state index in [1.807, 2.05) is 30.3 Å². The summed E-state index contributed by atoms with van der Waals surface area (Å²) in [6.07, 6.45) is 1.71. The van der Waals surface area contributed by atoms with Gasteiger partial charge in [0.15, 0.2) is 23.2 Å². The summed E-state index contributed by atoms with van der Waals surface area (Å²) in [5.74, 6) is 0.624. The van der Waals surface area contributed by atoms with Crippen LogP contribution in [0.1, 0.15) is 18.2 Å². The summed E-state index contributed by atoms with van der Waals surface area (Å²) in [4.78, 5) is 12.9. The van der Waals surface area contributed by atoms with E-state index in [1.54, 1.807) is 10.9 Å². The molecular formula is C17H19N5O3. The maximum absolute atomic E-state index is 10.2. The van der Waals surface area contributed by atoms with Gasteiger partial charge >= 0.3 is 0 Å². The Bertz CT molecular complexity index is 854. The highest BCUT2D eigenvalue weighted by Crippen LogP contribution is 2.31. The Kier molecular flexibility index (Phi) is 4.31. The summed E-state index contributed by atoms with van der Waals surface area (Å²) >= 11 is 0. The standard InChI is InChI=1S/C17H19N5O3/c23-8-12-6-13(24)17(25-12)22-10-21-14-15(19-9-20-16(14)22)18-7-11-4-2-1-3-5-11/h1-5,9-10,12-13,17,23-24H,6-8H2,(H,18,19,20). The molecule has 0 radical (unpaired) electrons. The first-order valence-corrected chi connectivity index (χ1v) is 8.16. The van der Waals surface area contributed by atoms with E-state index in [-0.39, 0.29) is 12.7 Å². The molecule has 0 bridgehead atoms. The van der Waals surface area contributed by atoms with Crippen LogP contribution in [0.5, 0.6) is 0 Å². The Hall–Kier alpha value is -2.55. The predicted octanol–water partition coefficient (Wildman–Crippen LogP) is 1.08. The third-order valence-corrected chi connectivity index (χ3v) is 4.30. The number of nitrogens with zero attached hydrogens (tertiary/aromatic N) is 4. The van der Waals surface area contributed by atoms with Crippen molar-refractivity contribution in [3.8, 4) is 0 Å². The summed E-state index contributed by atoms with van der Waals surface area (Å²) in [5.41, 5.74) is 2.32. The normalized spacial score (nSPS) is 23.2. The molecule has 1 saturated heterocycles. The smallest absolute Gasteiger partial charge is 0.167 e. The fourth-order valence-electron chi connectivity index (χ4n) is 3.05. The van der Waals surface area contributed by atoms with E-state index in [9.17, 15) is 10.2 Å². The van der Waals surface area contributed by atoms with Gasteiger partial charge in [0.05, 0.1) is 19.0 Å². The molecular weight excluding hydrogens is 322 g/mol. The predicted molar refractivity (Wildman–Crippen MR) is 90.7 cm³/mol. The topological polar surface area (TPSA) is 105 Å². The molecule has 1 aromatic carbocycles. The van der Waals surface area contributed by atoms with Crippen LogP contribution in [-0.4, -0.2) is 48.5 Å². The summed E-state index contributed by atoms with van der Waals surface area (Å²) in [6.45, 7) is 0.494. The van der Waals surface area contributed by atoms with Gasteiger partial charge in [-0.15, -0.1) is 0 Å². The van der Waals surface area contributed by atoms with E-state index in [0.717, 1.165) is 5.56 Å². The van der Waals surface area contributed by atoms with Crippen LogP contribution in [0.15, 0.2) is 43.0 Å². The van der Waals surface area contributed by atoms with Crippen LogP contribution in [0, 0.1) is 0 Å². The van der Waals surface area contributed by atoms with Gasteiger partial charge in [0.25, 0.3) is 0 Å². The lowest BCUT2D eigenvalue weighted by Gasteiger charge is -2.16. The van der Waals surface area contributed by atoms with E-state index >= 15 is 0 Å². The van der Waals surface area contributed by atoms with Crippen LogP contribution < -0.4 is 5.32 Å². The Balaban J connectivity index is 1.60. The second-order valence-electron chi connectivity index (χ2n) is 6.02. The van der Waals surface area contributed by atoms with Gasteiger partial charge in [0.2, 0.25) is 0 Å². The van der Waals surface area contributed by atoms with Gasteiger partial charge in [0, 0.05) is 13.0 Å². The highest BCUT2D eigenvalue weighted by atomic mass is 16.5. The van der Waals surface area contributed by atoms with Gasteiger partial charge in [-0.2, -0.15) is 0 Å². The fourth-order valence-corrected chi connectivity index (χ4v) is 3.05. The third kappa shape index (κ3) is 3.07. The van der Waals surface area contributed by atoms with Crippen LogP contribution in [-0.2, 0) is 11.3 Å². The molecule has 3 atom stereocenters. The van der Waals surface area contributed by atoms with Gasteiger partial charge in [-0.1, -0.05) is 30.3 Å². The Morgan fingerprint density at radius 1 is 1.20 bits per heavy atom. The van der Waals surface area contributed by atoms with Crippen LogP contribution in [0.25, 0.3) is 11.2 Å². The number of imidazole rings is 1. The maximum atomic E-state index is 10.2. The number of anilines is 1. The van der Waals surface area contributed by atoms with Crippen molar-refractivity contribution in [1.82, 2.24) is 19.5 Å². The summed E-state index contributed by atoms with van der Waals surface area (Å²) < 4.78 is 7.37. The van der Waals surface area contributed by atoms with Crippen molar-refractivity contribution < 1.29 is 14.9 Å². The molecule has 1 aliphatic rings. The number of benzene rings is 1. The quantitative estimate of drug-likeness (QED) is 0.638. The monoisotopic (exact) mass is 341 g/mol. The maximum Gasteiger partial charge on any atom is 0.167 e. The second kappa shape index (κ2) is 6.75. The minimum atomic E-state index is -0.717. The van der Waals surface area contributed by atoms with Crippen LogP contribution in [0.2, 0.25) is 0 Å². The summed E-state index contributed by atoms with van der Waals surface area (Å²) in [5, 5.41) is 22.7. The van der Waals surface area contributed by atoms with E-state index in [1.165, 1.54) is 6.33 Å². The lowest BCUT2D eigenvalue weighted by Crippen LogP contribution is -2.19. The van der Waals surface area contributed by atoms with Crippen molar-refractivity contribution >= 4 is 17.0 Å². The van der Waals surface area contributed by atoms with Crippen molar-refractivity contribution in [1.29, 1.82) is 0 Å². The number of aliphatic hydroxyl groups is 2. The van der Waals surface area contributed by atoms with Gasteiger partial charge in [-0.3, -0.25) is 4.57 Å². The molecule has 1 aliphatic heterocycles. The average Bonchev–Trinajstić information content (AvgIpc) is 3.24. The first kappa shape index (κ1) is 15.9. The van der Waals surface area contributed by atoms with Crippen molar-refractivity contribution in [3.63, 3.8) is 0 Å². The van der Waals surface area contributed by atoms with Gasteiger partial charge < -0.3 is 20.3 Å². The lowest BCUT2D eigenvalue weighted by molar-refractivity contribution is -0.0486. The minimum Gasteiger partial charge on any atom is -0.394 e. The lowest BCUT2D eigenvalue weighted by atomic mass is 10.2. The zero-order valence-electron chi connectivity index (χ0n) is 13.5. The molecule has 130 valence electrons. The Morgan fingerprint density at radius 3 is 2.80 bits per heavy atom. The molecule has 3 heterocycles. The largest absolute Gasteiger partial charge is 0.394 e. The SMILES string of the molecule is OCC1CC(O)C(n2cnc3c(NCc4ccccc4)ncnc32)O1. The molecule has 8 nitrogen and oxygen atoms in total. The van der Waals surface area contributed by atoms with E-state index in [2.05, 4.69) is 20.3 Å². The van der Waals surface area contributed by atoms with Crippen molar-refractivity contribution in [2.75, 3.05) is 11.9 Å². The molecule has 3 aromatic rings. The molecule has 0 spiro atoms. The first-order chi connectivity index (χ1) is 12.3. The zero-order valence-corrected chi connectivity index (χ0v) is 13.5. The first-order valence-electron chi connectivity index (χ1n) is 8.16. The molecule has 3 unspecified atom stereocenters. The number of ether oxygens (including phenoxy) is 1. The molecule has 0 saturated carbocycles. The van der Waals surface area contributed by atoms with Crippen molar-refractivity contribution in [2.24, 2.45) is 0 Å². The molecule has 3 N–H and O–H groups in total. The van der Waals surface area contributed by atoms with E-state index in [4.69, 9.17) is 4.74 Å². The number of hydrogen-bond acceptors (Lipinski definition) is 7. The van der Waals surface area contributed by atoms with Crippen molar-refractivity contribution in [3.05, 3.63) is 48.5 Å². The van der Waals surface area contributed by atoms with E-state index in [0.29, 0.717) is 29.9 Å². The molecule has 1 fully saturated rings. The Labute approximate surface area is 144 Å². The number of hydrogen-bond donors (Lipinski definition) is 3. The highest BCUT2D eigenvalue weighted by Gasteiger charge is 2.35. The zero-order chi connectivity index (χ0) is 17.2. The van der Waals surface area contributed by atoms with Crippen LogP contribution >= 0.6 is 0 Å². The van der Waals surface area contributed by atoms with E-state index < -0.39 is 12.3 Å². The van der Waals surface area contributed by atoms with Crippen molar-refractivity contribution in [2.45, 2.75) is 31.4 Å². The number of rotatable bonds is 5. The van der Waals surface area contributed by atoms with Crippen LogP contribution in [0.3, 0.4) is 0 Å². The molecule has 4 rings (SSSR count). The average molecular weight is 341 g/mol.